The highest BCUT2D eigenvalue weighted by molar-refractivity contribution is 7.22. The Morgan fingerprint density at radius 2 is 1.70 bits per heavy atom. The van der Waals surface area contributed by atoms with Crippen LogP contribution in [0.25, 0.3) is 20.7 Å². The predicted octanol–water partition coefficient (Wildman–Crippen LogP) is 5.10. The fraction of sp³-hybridized carbons (Fsp3) is 0.455. The van der Waals surface area contributed by atoms with Crippen molar-refractivity contribution in [1.82, 2.24) is 15.5 Å². The van der Waals surface area contributed by atoms with Gasteiger partial charge in [-0.3, -0.25) is 0 Å². The third-order valence-electron chi connectivity index (χ3n) is 5.41. The first-order chi connectivity index (χ1) is 12.7. The molecule has 1 saturated heterocycles. The summed E-state index contributed by atoms with van der Waals surface area (Å²) < 4.78 is 1.29. The average Bonchev–Trinajstić information content (AvgIpc) is 3.03. The van der Waals surface area contributed by atoms with Crippen LogP contribution >= 0.6 is 11.3 Å². The summed E-state index contributed by atoms with van der Waals surface area (Å²) >= 11 is 1.77. The standard InChI is InChI=1S/C22H28N4S/c1-21(2)13-16(14-22(3,4)25-21)26(5)20-11-10-17(23-24-20)19-12-15-8-6-7-9-18(15)27-19/h6-12,16,25H,13-14H2,1-5H3. The first-order valence-electron chi connectivity index (χ1n) is 9.57. The van der Waals surface area contributed by atoms with Gasteiger partial charge < -0.3 is 10.2 Å². The van der Waals surface area contributed by atoms with Crippen molar-refractivity contribution < 1.29 is 0 Å². The Balaban J connectivity index is 1.56. The highest BCUT2D eigenvalue weighted by atomic mass is 32.1. The summed E-state index contributed by atoms with van der Waals surface area (Å²) in [5.74, 6) is 0.943. The van der Waals surface area contributed by atoms with E-state index in [9.17, 15) is 0 Å². The van der Waals surface area contributed by atoms with Gasteiger partial charge in [-0.25, -0.2) is 0 Å². The van der Waals surface area contributed by atoms with Gasteiger partial charge in [0.05, 0.1) is 4.88 Å². The highest BCUT2D eigenvalue weighted by Crippen LogP contribution is 2.34. The molecular weight excluding hydrogens is 352 g/mol. The maximum atomic E-state index is 4.56. The molecule has 3 aromatic rings. The lowest BCUT2D eigenvalue weighted by atomic mass is 9.79. The van der Waals surface area contributed by atoms with Crippen molar-refractivity contribution in [3.63, 3.8) is 0 Å². The van der Waals surface area contributed by atoms with Crippen LogP contribution in [0.1, 0.15) is 40.5 Å². The Kier molecular flexibility index (Phi) is 4.47. The Morgan fingerprint density at radius 1 is 1.00 bits per heavy atom. The number of nitrogens with zero attached hydrogens (tertiary/aromatic N) is 3. The molecule has 0 aliphatic carbocycles. The van der Waals surface area contributed by atoms with Crippen LogP contribution in [0.15, 0.2) is 42.5 Å². The van der Waals surface area contributed by atoms with Crippen molar-refractivity contribution in [2.45, 2.75) is 57.7 Å². The molecule has 1 aromatic carbocycles. The van der Waals surface area contributed by atoms with Crippen molar-refractivity contribution in [3.05, 3.63) is 42.5 Å². The number of benzene rings is 1. The van der Waals surface area contributed by atoms with Crippen LogP contribution in [0.2, 0.25) is 0 Å². The number of rotatable bonds is 3. The van der Waals surface area contributed by atoms with Crippen LogP contribution < -0.4 is 10.2 Å². The van der Waals surface area contributed by atoms with E-state index < -0.39 is 0 Å². The Morgan fingerprint density at radius 3 is 2.33 bits per heavy atom. The number of nitrogens with one attached hydrogen (secondary N) is 1. The topological polar surface area (TPSA) is 41.1 Å². The fourth-order valence-corrected chi connectivity index (χ4v) is 5.51. The summed E-state index contributed by atoms with van der Waals surface area (Å²) in [6.45, 7) is 9.13. The van der Waals surface area contributed by atoms with E-state index in [1.165, 1.54) is 15.0 Å². The first-order valence-corrected chi connectivity index (χ1v) is 10.4. The van der Waals surface area contributed by atoms with Crippen LogP contribution in [-0.2, 0) is 0 Å². The van der Waals surface area contributed by atoms with Gasteiger partial charge in [0.1, 0.15) is 5.69 Å². The Hall–Kier alpha value is -1.98. The predicted molar refractivity (Wildman–Crippen MR) is 116 cm³/mol. The minimum atomic E-state index is 0.116. The van der Waals surface area contributed by atoms with Gasteiger partial charge in [0, 0.05) is 28.9 Å². The molecule has 0 radical (unpaired) electrons. The summed E-state index contributed by atoms with van der Waals surface area (Å²) in [5.41, 5.74) is 1.18. The van der Waals surface area contributed by atoms with Crippen molar-refractivity contribution in [3.8, 4) is 10.6 Å². The van der Waals surface area contributed by atoms with E-state index in [-0.39, 0.29) is 11.1 Å². The lowest BCUT2D eigenvalue weighted by molar-refractivity contribution is 0.160. The molecule has 4 rings (SSSR count). The number of thiophene rings is 1. The van der Waals surface area contributed by atoms with Crippen molar-refractivity contribution in [1.29, 1.82) is 0 Å². The zero-order chi connectivity index (χ0) is 19.2. The molecule has 0 spiro atoms. The molecule has 0 amide bonds. The second-order valence-corrected chi connectivity index (χ2v) is 10.1. The van der Waals surface area contributed by atoms with E-state index in [1.807, 2.05) is 0 Å². The van der Waals surface area contributed by atoms with E-state index in [4.69, 9.17) is 0 Å². The minimum Gasteiger partial charge on any atom is -0.355 e. The molecule has 1 fully saturated rings. The number of aromatic nitrogens is 2. The molecule has 0 unspecified atom stereocenters. The van der Waals surface area contributed by atoms with Gasteiger partial charge in [-0.1, -0.05) is 18.2 Å². The van der Waals surface area contributed by atoms with Crippen LogP contribution in [-0.4, -0.2) is 34.4 Å². The molecule has 0 atom stereocenters. The van der Waals surface area contributed by atoms with Gasteiger partial charge in [-0.2, -0.15) is 0 Å². The number of anilines is 1. The van der Waals surface area contributed by atoms with Crippen molar-refractivity contribution in [2.75, 3.05) is 11.9 Å². The third kappa shape index (κ3) is 3.85. The largest absolute Gasteiger partial charge is 0.355 e. The lowest BCUT2D eigenvalue weighted by Crippen LogP contribution is -2.62. The van der Waals surface area contributed by atoms with Crippen LogP contribution in [0.5, 0.6) is 0 Å². The number of hydrogen-bond donors (Lipinski definition) is 1. The maximum Gasteiger partial charge on any atom is 0.151 e. The molecule has 27 heavy (non-hydrogen) atoms. The normalized spacial score (nSPS) is 19.3. The molecule has 0 bridgehead atoms. The van der Waals surface area contributed by atoms with E-state index in [0.717, 1.165) is 24.4 Å². The molecule has 0 saturated carbocycles. The van der Waals surface area contributed by atoms with Gasteiger partial charge in [-0.15, -0.1) is 21.5 Å². The quantitative estimate of drug-likeness (QED) is 0.686. The van der Waals surface area contributed by atoms with E-state index in [0.29, 0.717) is 6.04 Å². The average molecular weight is 381 g/mol. The monoisotopic (exact) mass is 380 g/mol. The smallest absolute Gasteiger partial charge is 0.151 e. The maximum absolute atomic E-state index is 4.56. The molecular formula is C22H28N4S. The van der Waals surface area contributed by atoms with Crippen LogP contribution in [0.3, 0.4) is 0 Å². The summed E-state index contributed by atoms with van der Waals surface area (Å²) in [6, 6.07) is 15.3. The molecule has 1 aliphatic rings. The fourth-order valence-electron chi connectivity index (χ4n) is 4.48. The summed E-state index contributed by atoms with van der Waals surface area (Å²) in [5, 5.41) is 14.1. The zero-order valence-electron chi connectivity index (χ0n) is 16.8. The molecule has 1 aliphatic heterocycles. The minimum absolute atomic E-state index is 0.116. The third-order valence-corrected chi connectivity index (χ3v) is 6.54. The molecule has 4 nitrogen and oxygen atoms in total. The van der Waals surface area contributed by atoms with Gasteiger partial charge in [0.15, 0.2) is 5.82 Å². The molecule has 1 N–H and O–H groups in total. The number of piperidine rings is 1. The highest BCUT2D eigenvalue weighted by Gasteiger charge is 2.39. The lowest BCUT2D eigenvalue weighted by Gasteiger charge is -2.49. The first kappa shape index (κ1) is 18.4. The van der Waals surface area contributed by atoms with Crippen molar-refractivity contribution >= 4 is 27.2 Å². The van der Waals surface area contributed by atoms with Gasteiger partial charge in [0.25, 0.3) is 0 Å². The second-order valence-electron chi connectivity index (χ2n) is 8.99. The SMILES string of the molecule is CN(c1ccc(-c2cc3ccccc3s2)nn1)C1CC(C)(C)NC(C)(C)C1. The van der Waals surface area contributed by atoms with Gasteiger partial charge in [-0.05, 0) is 70.2 Å². The summed E-state index contributed by atoms with van der Waals surface area (Å²) in [6.07, 6.45) is 2.18. The van der Waals surface area contributed by atoms with E-state index in [2.05, 4.69) is 97.6 Å². The van der Waals surface area contributed by atoms with E-state index in [1.54, 1.807) is 11.3 Å². The molecule has 3 heterocycles. The summed E-state index contributed by atoms with van der Waals surface area (Å²) in [7, 11) is 2.14. The summed E-state index contributed by atoms with van der Waals surface area (Å²) in [4.78, 5) is 3.47. The van der Waals surface area contributed by atoms with Crippen LogP contribution in [0.4, 0.5) is 5.82 Å². The second kappa shape index (κ2) is 6.57. The van der Waals surface area contributed by atoms with Crippen LogP contribution in [0, 0.1) is 0 Å². The van der Waals surface area contributed by atoms with Gasteiger partial charge in [0.2, 0.25) is 0 Å². The van der Waals surface area contributed by atoms with Crippen molar-refractivity contribution in [2.24, 2.45) is 0 Å². The van der Waals surface area contributed by atoms with Gasteiger partial charge >= 0.3 is 0 Å². The molecule has 2 aromatic heterocycles. The number of hydrogen-bond acceptors (Lipinski definition) is 5. The Labute approximate surface area is 165 Å². The molecule has 5 heteroatoms. The zero-order valence-corrected chi connectivity index (χ0v) is 17.6. The molecule has 142 valence electrons. The number of fused-ring (bicyclic) bond motifs is 1. The van der Waals surface area contributed by atoms with E-state index >= 15 is 0 Å². The Bertz CT molecular complexity index is 893.